The van der Waals surface area contributed by atoms with E-state index in [4.69, 9.17) is 4.74 Å². The number of hydrogen-bond acceptors (Lipinski definition) is 6. The lowest BCUT2D eigenvalue weighted by molar-refractivity contribution is 0.0165. The van der Waals surface area contributed by atoms with E-state index in [2.05, 4.69) is 15.4 Å². The molecule has 8 heteroatoms. The minimum absolute atomic E-state index is 0.0835. The Morgan fingerprint density at radius 2 is 1.93 bits per heavy atom. The van der Waals surface area contributed by atoms with Crippen molar-refractivity contribution in [2.45, 2.75) is 51.9 Å². The number of aliphatic hydroxyl groups excluding tert-OH is 1. The third-order valence-electron chi connectivity index (χ3n) is 4.64. The zero-order valence-electron chi connectivity index (χ0n) is 16.1. The minimum Gasteiger partial charge on any atom is -0.444 e. The van der Waals surface area contributed by atoms with Gasteiger partial charge in [0.15, 0.2) is 5.82 Å². The summed E-state index contributed by atoms with van der Waals surface area (Å²) in [6.07, 6.45) is 1.36. The van der Waals surface area contributed by atoms with Crippen molar-refractivity contribution in [3.63, 3.8) is 0 Å². The highest BCUT2D eigenvalue weighted by molar-refractivity contribution is 5.68. The van der Waals surface area contributed by atoms with Gasteiger partial charge in [-0.15, -0.1) is 10.2 Å². The number of carbonyl (C=O) groups is 1. The number of rotatable bonds is 4. The molecule has 0 spiro atoms. The molecule has 1 saturated heterocycles. The van der Waals surface area contributed by atoms with Crippen molar-refractivity contribution < 1.29 is 14.6 Å². The molecule has 1 amide bonds. The quantitative estimate of drug-likeness (QED) is 0.884. The van der Waals surface area contributed by atoms with Crippen LogP contribution in [0.2, 0.25) is 0 Å². The number of ether oxygens (including phenoxy) is 1. The topological polar surface area (TPSA) is 93.4 Å². The molecule has 1 fully saturated rings. The van der Waals surface area contributed by atoms with Gasteiger partial charge in [-0.3, -0.25) is 0 Å². The van der Waals surface area contributed by atoms with Gasteiger partial charge in [0, 0.05) is 13.1 Å². The Morgan fingerprint density at radius 3 is 2.48 bits per heavy atom. The van der Waals surface area contributed by atoms with Crippen LogP contribution in [0.1, 0.15) is 51.0 Å². The summed E-state index contributed by atoms with van der Waals surface area (Å²) in [6.45, 7) is 6.64. The number of benzene rings is 1. The monoisotopic (exact) mass is 373 g/mol. The van der Waals surface area contributed by atoms with Crippen LogP contribution in [-0.2, 0) is 11.3 Å². The zero-order valence-corrected chi connectivity index (χ0v) is 16.1. The van der Waals surface area contributed by atoms with Crippen LogP contribution >= 0.6 is 0 Å². The fraction of sp³-hybridized carbons (Fsp3) is 0.579. The Bertz CT molecular complexity index is 748. The van der Waals surface area contributed by atoms with E-state index in [1.54, 1.807) is 9.70 Å². The van der Waals surface area contributed by atoms with Crippen LogP contribution in [0, 0.1) is 5.92 Å². The van der Waals surface area contributed by atoms with Crippen molar-refractivity contribution >= 4 is 6.09 Å². The van der Waals surface area contributed by atoms with Crippen molar-refractivity contribution in [1.29, 1.82) is 0 Å². The standard InChI is InChI=1S/C19H27N5O3/c1-19(2,3)27-18(26)23-11-9-15(10-12-23)17(14-7-5-4-6-8-14)24-21-16(13-25)20-22-24/h4-8,15,17,25H,9-13H2,1-3H3. The zero-order chi connectivity index (χ0) is 19.4. The van der Waals surface area contributed by atoms with Crippen LogP contribution in [0.25, 0.3) is 0 Å². The van der Waals surface area contributed by atoms with Crippen molar-refractivity contribution in [1.82, 2.24) is 25.1 Å². The molecule has 1 atom stereocenters. The van der Waals surface area contributed by atoms with Crippen molar-refractivity contribution in [2.24, 2.45) is 5.92 Å². The second-order valence-electron chi connectivity index (χ2n) is 7.84. The first-order valence-electron chi connectivity index (χ1n) is 9.29. The molecule has 1 aromatic heterocycles. The maximum atomic E-state index is 12.3. The van der Waals surface area contributed by atoms with Crippen LogP contribution < -0.4 is 0 Å². The normalized spacial score (nSPS) is 17.0. The third-order valence-corrected chi connectivity index (χ3v) is 4.64. The SMILES string of the molecule is CC(C)(C)OC(=O)N1CCC(C(c2ccccc2)n2nnc(CO)n2)CC1. The Kier molecular flexibility index (Phi) is 5.74. The van der Waals surface area contributed by atoms with E-state index in [0.717, 1.165) is 18.4 Å². The fourth-order valence-corrected chi connectivity index (χ4v) is 3.41. The average Bonchev–Trinajstić information content (AvgIpc) is 3.11. The molecule has 3 rings (SSSR count). The van der Waals surface area contributed by atoms with E-state index in [-0.39, 0.29) is 24.7 Å². The summed E-state index contributed by atoms with van der Waals surface area (Å²) in [7, 11) is 0. The van der Waals surface area contributed by atoms with Gasteiger partial charge in [-0.2, -0.15) is 4.80 Å². The molecule has 0 aliphatic carbocycles. The van der Waals surface area contributed by atoms with Crippen LogP contribution in [-0.4, -0.2) is 55.0 Å². The van der Waals surface area contributed by atoms with E-state index < -0.39 is 5.60 Å². The maximum absolute atomic E-state index is 12.3. The number of aliphatic hydroxyl groups is 1. The van der Waals surface area contributed by atoms with E-state index in [1.165, 1.54) is 0 Å². The molecule has 1 aliphatic rings. The molecule has 1 N–H and O–H groups in total. The van der Waals surface area contributed by atoms with Crippen LogP contribution in [0.15, 0.2) is 30.3 Å². The Labute approximate surface area is 159 Å². The number of nitrogens with zero attached hydrogens (tertiary/aromatic N) is 5. The molecule has 1 aliphatic heterocycles. The van der Waals surface area contributed by atoms with Gasteiger partial charge in [-0.1, -0.05) is 30.3 Å². The molecular formula is C19H27N5O3. The number of tetrazole rings is 1. The van der Waals surface area contributed by atoms with E-state index in [1.807, 2.05) is 51.1 Å². The lowest BCUT2D eigenvalue weighted by Crippen LogP contribution is -2.43. The molecule has 2 heterocycles. The van der Waals surface area contributed by atoms with Crippen molar-refractivity contribution in [3.05, 3.63) is 41.7 Å². The highest BCUT2D eigenvalue weighted by atomic mass is 16.6. The van der Waals surface area contributed by atoms with E-state index in [9.17, 15) is 9.90 Å². The lowest BCUT2D eigenvalue weighted by Gasteiger charge is -2.36. The summed E-state index contributed by atoms with van der Waals surface area (Å²) in [4.78, 5) is 15.7. The van der Waals surface area contributed by atoms with E-state index in [0.29, 0.717) is 18.9 Å². The molecule has 0 saturated carbocycles. The van der Waals surface area contributed by atoms with Gasteiger partial charge in [0.05, 0.1) is 0 Å². The molecular weight excluding hydrogens is 346 g/mol. The molecule has 8 nitrogen and oxygen atoms in total. The molecule has 27 heavy (non-hydrogen) atoms. The number of aromatic nitrogens is 4. The van der Waals surface area contributed by atoms with Crippen molar-refractivity contribution in [2.75, 3.05) is 13.1 Å². The second kappa shape index (κ2) is 8.04. The summed E-state index contributed by atoms with van der Waals surface area (Å²) in [5, 5.41) is 21.6. The molecule has 146 valence electrons. The van der Waals surface area contributed by atoms with Crippen LogP contribution in [0.4, 0.5) is 4.79 Å². The number of hydrogen-bond donors (Lipinski definition) is 1. The average molecular weight is 373 g/mol. The first-order chi connectivity index (χ1) is 12.9. The van der Waals surface area contributed by atoms with Crippen LogP contribution in [0.5, 0.6) is 0 Å². The number of likely N-dealkylation sites (tertiary alicyclic amines) is 1. The van der Waals surface area contributed by atoms with Gasteiger partial charge in [0.25, 0.3) is 0 Å². The number of piperidine rings is 1. The lowest BCUT2D eigenvalue weighted by atomic mass is 9.86. The van der Waals surface area contributed by atoms with Gasteiger partial charge < -0.3 is 14.7 Å². The predicted octanol–water partition coefficient (Wildman–Crippen LogP) is 2.40. The molecule has 1 unspecified atom stereocenters. The smallest absolute Gasteiger partial charge is 0.410 e. The second-order valence-corrected chi connectivity index (χ2v) is 7.84. The van der Waals surface area contributed by atoms with Crippen molar-refractivity contribution in [3.8, 4) is 0 Å². The molecule has 0 bridgehead atoms. The summed E-state index contributed by atoms with van der Waals surface area (Å²) in [6, 6.07) is 9.96. The summed E-state index contributed by atoms with van der Waals surface area (Å²) in [5.74, 6) is 0.564. The molecule has 1 aromatic carbocycles. The Hall–Kier alpha value is -2.48. The van der Waals surface area contributed by atoms with Gasteiger partial charge >= 0.3 is 6.09 Å². The third kappa shape index (κ3) is 4.82. The highest BCUT2D eigenvalue weighted by Crippen LogP contribution is 2.33. The minimum atomic E-state index is -0.494. The molecule has 0 radical (unpaired) electrons. The van der Waals surface area contributed by atoms with Gasteiger partial charge in [0.2, 0.25) is 0 Å². The number of amides is 1. The Morgan fingerprint density at radius 1 is 1.26 bits per heavy atom. The summed E-state index contributed by atoms with van der Waals surface area (Å²) < 4.78 is 5.48. The highest BCUT2D eigenvalue weighted by Gasteiger charge is 2.33. The summed E-state index contributed by atoms with van der Waals surface area (Å²) in [5.41, 5.74) is 0.598. The predicted molar refractivity (Wildman–Crippen MR) is 98.9 cm³/mol. The van der Waals surface area contributed by atoms with E-state index >= 15 is 0 Å². The number of carbonyl (C=O) groups excluding carboxylic acids is 1. The maximum Gasteiger partial charge on any atom is 0.410 e. The first-order valence-corrected chi connectivity index (χ1v) is 9.29. The Balaban J connectivity index is 1.74. The van der Waals surface area contributed by atoms with Crippen LogP contribution in [0.3, 0.4) is 0 Å². The first kappa shape index (κ1) is 19.3. The largest absolute Gasteiger partial charge is 0.444 e. The molecule has 2 aromatic rings. The van der Waals surface area contributed by atoms with Gasteiger partial charge in [0.1, 0.15) is 18.2 Å². The fourth-order valence-electron chi connectivity index (χ4n) is 3.41. The summed E-state index contributed by atoms with van der Waals surface area (Å²) >= 11 is 0. The van der Waals surface area contributed by atoms with Gasteiger partial charge in [-0.05, 0) is 50.3 Å². The van der Waals surface area contributed by atoms with Gasteiger partial charge in [-0.25, -0.2) is 4.79 Å².